The van der Waals surface area contributed by atoms with E-state index in [-0.39, 0.29) is 0 Å². The van der Waals surface area contributed by atoms with Crippen molar-refractivity contribution in [3.8, 4) is 16.9 Å². The van der Waals surface area contributed by atoms with E-state index in [2.05, 4.69) is 22.4 Å². The van der Waals surface area contributed by atoms with E-state index in [4.69, 9.17) is 9.47 Å². The highest BCUT2D eigenvalue weighted by atomic mass is 16.5. The SMILES string of the molecule is COC(=O)c1c(NCc2cccc(-c3ccc(OC)cc3)c2)ccc2nccn12. The molecule has 0 aliphatic carbocycles. The highest BCUT2D eigenvalue weighted by molar-refractivity contribution is 5.94. The van der Waals surface area contributed by atoms with Crippen molar-refractivity contribution < 1.29 is 14.3 Å². The molecule has 2 aromatic carbocycles. The number of nitrogens with one attached hydrogen (secondary N) is 1. The van der Waals surface area contributed by atoms with Crippen molar-refractivity contribution in [2.75, 3.05) is 19.5 Å². The van der Waals surface area contributed by atoms with E-state index in [0.717, 1.165) is 22.4 Å². The molecular weight excluding hydrogens is 366 g/mol. The van der Waals surface area contributed by atoms with Gasteiger partial charge in [0, 0.05) is 18.9 Å². The summed E-state index contributed by atoms with van der Waals surface area (Å²) < 4.78 is 11.9. The van der Waals surface area contributed by atoms with E-state index < -0.39 is 5.97 Å². The van der Waals surface area contributed by atoms with Crippen molar-refractivity contribution in [1.82, 2.24) is 9.38 Å². The van der Waals surface area contributed by atoms with Crippen LogP contribution in [0.15, 0.2) is 73.1 Å². The van der Waals surface area contributed by atoms with E-state index in [1.807, 2.05) is 48.5 Å². The van der Waals surface area contributed by atoms with Gasteiger partial charge < -0.3 is 14.8 Å². The van der Waals surface area contributed by atoms with Crippen LogP contribution in [0.25, 0.3) is 16.8 Å². The van der Waals surface area contributed by atoms with Gasteiger partial charge in [-0.05, 0) is 47.0 Å². The molecule has 0 amide bonds. The third-order valence-corrected chi connectivity index (χ3v) is 4.78. The van der Waals surface area contributed by atoms with Gasteiger partial charge in [0.1, 0.15) is 11.4 Å². The average Bonchev–Trinajstić information content (AvgIpc) is 3.26. The van der Waals surface area contributed by atoms with Gasteiger partial charge in [-0.15, -0.1) is 0 Å². The van der Waals surface area contributed by atoms with Crippen molar-refractivity contribution >= 4 is 17.3 Å². The maximum Gasteiger partial charge on any atom is 0.357 e. The molecule has 6 nitrogen and oxygen atoms in total. The first-order valence-corrected chi connectivity index (χ1v) is 9.21. The quantitative estimate of drug-likeness (QED) is 0.497. The average molecular weight is 387 g/mol. The van der Waals surface area contributed by atoms with Crippen molar-refractivity contribution in [2.45, 2.75) is 6.54 Å². The molecule has 6 heteroatoms. The number of fused-ring (bicyclic) bond motifs is 1. The van der Waals surface area contributed by atoms with Crippen LogP contribution in [0.1, 0.15) is 16.1 Å². The Bertz CT molecular complexity index is 1150. The number of aromatic nitrogens is 2. The highest BCUT2D eigenvalue weighted by Crippen LogP contribution is 2.24. The number of methoxy groups -OCH3 is 2. The Labute approximate surface area is 168 Å². The molecule has 29 heavy (non-hydrogen) atoms. The van der Waals surface area contributed by atoms with Crippen LogP contribution in [0.2, 0.25) is 0 Å². The minimum absolute atomic E-state index is 0.414. The number of nitrogens with zero attached hydrogens (tertiary/aromatic N) is 2. The zero-order chi connectivity index (χ0) is 20.2. The molecule has 4 aromatic rings. The Morgan fingerprint density at radius 2 is 1.86 bits per heavy atom. The Morgan fingerprint density at radius 3 is 2.62 bits per heavy atom. The molecule has 0 atom stereocenters. The number of esters is 1. The molecule has 0 bridgehead atoms. The van der Waals surface area contributed by atoms with Crippen molar-refractivity contribution in [1.29, 1.82) is 0 Å². The summed E-state index contributed by atoms with van der Waals surface area (Å²) in [5, 5.41) is 3.35. The van der Waals surface area contributed by atoms with Gasteiger partial charge in [0.2, 0.25) is 0 Å². The molecule has 4 rings (SSSR count). The van der Waals surface area contributed by atoms with Gasteiger partial charge in [0.05, 0.1) is 19.9 Å². The number of imidazole rings is 1. The maximum atomic E-state index is 12.3. The van der Waals surface area contributed by atoms with Crippen LogP contribution in [0.3, 0.4) is 0 Å². The van der Waals surface area contributed by atoms with Crippen LogP contribution in [0.5, 0.6) is 5.75 Å². The molecule has 146 valence electrons. The lowest BCUT2D eigenvalue weighted by molar-refractivity contribution is 0.0593. The summed E-state index contributed by atoms with van der Waals surface area (Å²) in [6, 6.07) is 20.0. The summed E-state index contributed by atoms with van der Waals surface area (Å²) in [5.74, 6) is 0.417. The zero-order valence-electron chi connectivity index (χ0n) is 16.3. The Hall–Kier alpha value is -3.80. The van der Waals surface area contributed by atoms with Gasteiger partial charge in [-0.1, -0.05) is 30.3 Å². The second-order valence-corrected chi connectivity index (χ2v) is 6.53. The van der Waals surface area contributed by atoms with E-state index in [9.17, 15) is 4.79 Å². The van der Waals surface area contributed by atoms with Crippen LogP contribution in [0.4, 0.5) is 5.69 Å². The first kappa shape index (κ1) is 18.6. The lowest BCUT2D eigenvalue weighted by atomic mass is 10.0. The second kappa shape index (κ2) is 8.06. The summed E-state index contributed by atoms with van der Waals surface area (Å²) in [7, 11) is 3.03. The Kier molecular flexibility index (Phi) is 5.16. The molecule has 0 aliphatic rings. The second-order valence-electron chi connectivity index (χ2n) is 6.53. The van der Waals surface area contributed by atoms with Crippen LogP contribution in [-0.2, 0) is 11.3 Å². The van der Waals surface area contributed by atoms with E-state index in [0.29, 0.717) is 23.6 Å². The normalized spacial score (nSPS) is 10.7. The molecule has 1 N–H and O–H groups in total. The fourth-order valence-corrected chi connectivity index (χ4v) is 3.28. The van der Waals surface area contributed by atoms with E-state index in [1.165, 1.54) is 7.11 Å². The fraction of sp³-hybridized carbons (Fsp3) is 0.130. The maximum absolute atomic E-state index is 12.3. The van der Waals surface area contributed by atoms with Gasteiger partial charge in [-0.3, -0.25) is 4.40 Å². The van der Waals surface area contributed by atoms with Crippen molar-refractivity contribution in [3.63, 3.8) is 0 Å². The van der Waals surface area contributed by atoms with Gasteiger partial charge in [-0.25, -0.2) is 9.78 Å². The molecule has 0 spiro atoms. The minimum atomic E-state index is -0.414. The number of hydrogen-bond acceptors (Lipinski definition) is 5. The first-order chi connectivity index (χ1) is 14.2. The first-order valence-electron chi connectivity index (χ1n) is 9.21. The number of carbonyl (C=O) groups excluding carboxylic acids is 1. The lowest BCUT2D eigenvalue weighted by Gasteiger charge is -2.13. The number of pyridine rings is 1. The van der Waals surface area contributed by atoms with Crippen LogP contribution in [-0.4, -0.2) is 29.6 Å². The number of anilines is 1. The highest BCUT2D eigenvalue weighted by Gasteiger charge is 2.16. The topological polar surface area (TPSA) is 64.9 Å². The summed E-state index contributed by atoms with van der Waals surface area (Å²) in [6.07, 6.45) is 3.40. The van der Waals surface area contributed by atoms with Gasteiger partial charge in [0.15, 0.2) is 5.69 Å². The van der Waals surface area contributed by atoms with Gasteiger partial charge in [0.25, 0.3) is 0 Å². The zero-order valence-corrected chi connectivity index (χ0v) is 16.3. The molecule has 0 saturated carbocycles. The number of ether oxygens (including phenoxy) is 2. The fourth-order valence-electron chi connectivity index (χ4n) is 3.28. The molecule has 0 radical (unpaired) electrons. The predicted octanol–water partition coefficient (Wildman–Crippen LogP) is 4.41. The van der Waals surface area contributed by atoms with E-state index >= 15 is 0 Å². The number of carbonyl (C=O) groups is 1. The monoisotopic (exact) mass is 387 g/mol. The standard InChI is InChI=1S/C23H21N3O3/c1-28-19-8-6-17(7-9-19)18-5-3-4-16(14-18)15-25-20-10-11-21-24-12-13-26(21)22(20)23(27)29-2/h3-14,25H,15H2,1-2H3. The molecule has 0 aliphatic heterocycles. The van der Waals surface area contributed by atoms with Gasteiger partial charge in [-0.2, -0.15) is 0 Å². The molecule has 0 unspecified atom stereocenters. The van der Waals surface area contributed by atoms with Crippen LogP contribution < -0.4 is 10.1 Å². The largest absolute Gasteiger partial charge is 0.497 e. The number of hydrogen-bond donors (Lipinski definition) is 1. The predicted molar refractivity (Wildman–Crippen MR) is 112 cm³/mol. The van der Waals surface area contributed by atoms with E-state index in [1.54, 1.807) is 23.9 Å². The van der Waals surface area contributed by atoms with Crippen LogP contribution in [0, 0.1) is 0 Å². The number of rotatable bonds is 6. The molecular formula is C23H21N3O3. The number of benzene rings is 2. The van der Waals surface area contributed by atoms with Gasteiger partial charge >= 0.3 is 5.97 Å². The Balaban J connectivity index is 1.59. The molecule has 0 saturated heterocycles. The summed E-state index contributed by atoms with van der Waals surface area (Å²) in [5.41, 5.74) is 5.14. The lowest BCUT2D eigenvalue weighted by Crippen LogP contribution is -2.13. The minimum Gasteiger partial charge on any atom is -0.497 e. The summed E-state index contributed by atoms with van der Waals surface area (Å²) in [6.45, 7) is 0.564. The summed E-state index contributed by atoms with van der Waals surface area (Å²) >= 11 is 0. The third kappa shape index (κ3) is 3.78. The summed E-state index contributed by atoms with van der Waals surface area (Å²) in [4.78, 5) is 16.6. The van der Waals surface area contributed by atoms with Crippen LogP contribution >= 0.6 is 0 Å². The molecule has 0 fully saturated rings. The smallest absolute Gasteiger partial charge is 0.357 e. The van der Waals surface area contributed by atoms with Crippen molar-refractivity contribution in [2.24, 2.45) is 0 Å². The van der Waals surface area contributed by atoms with Crippen molar-refractivity contribution in [3.05, 3.63) is 84.3 Å². The Morgan fingerprint density at radius 1 is 1.03 bits per heavy atom. The molecule has 2 heterocycles. The molecule has 2 aromatic heterocycles. The third-order valence-electron chi connectivity index (χ3n) is 4.78.